The van der Waals surface area contributed by atoms with Gasteiger partial charge in [0.25, 0.3) is 5.91 Å². The fourth-order valence-corrected chi connectivity index (χ4v) is 2.04. The summed E-state index contributed by atoms with van der Waals surface area (Å²) < 4.78 is 9.73. The van der Waals surface area contributed by atoms with Gasteiger partial charge in [0.05, 0.1) is 18.4 Å². The van der Waals surface area contributed by atoms with Crippen LogP contribution in [0.4, 0.5) is 0 Å². The van der Waals surface area contributed by atoms with Crippen molar-refractivity contribution in [3.8, 4) is 0 Å². The Kier molecular flexibility index (Phi) is 7.31. The third-order valence-electron chi connectivity index (χ3n) is 3.02. The van der Waals surface area contributed by atoms with Crippen LogP contribution >= 0.6 is 0 Å². The largest absolute Gasteiger partial charge is 0.472 e. The fourth-order valence-electron chi connectivity index (χ4n) is 2.04. The number of carbonyl (C=O) groups excluding carboxylic acids is 3. The molecule has 1 rings (SSSR count). The van der Waals surface area contributed by atoms with E-state index in [9.17, 15) is 14.4 Å². The lowest BCUT2D eigenvalue weighted by Crippen LogP contribution is -2.49. The Morgan fingerprint density at radius 3 is 2.52 bits per heavy atom. The van der Waals surface area contributed by atoms with Crippen LogP contribution < -0.4 is 5.32 Å². The third-order valence-corrected chi connectivity index (χ3v) is 3.02. The zero-order chi connectivity index (χ0) is 17.4. The number of furan rings is 1. The standard InChI is InChI=1S/C16H24N2O5/c1-5-23-14(19)9-18(8-11(2)3)16(21)12(4)17-15(20)13-6-7-22-10-13/h6-7,10-12H,5,8-9H2,1-4H3,(H,17,20)/t12-/m1/s1. The number of hydrogen-bond acceptors (Lipinski definition) is 5. The zero-order valence-electron chi connectivity index (χ0n) is 14.0. The molecule has 0 aliphatic rings. The molecule has 128 valence electrons. The van der Waals surface area contributed by atoms with Gasteiger partial charge in [0, 0.05) is 6.54 Å². The molecular weight excluding hydrogens is 300 g/mol. The molecule has 2 amide bonds. The summed E-state index contributed by atoms with van der Waals surface area (Å²) in [7, 11) is 0. The van der Waals surface area contributed by atoms with E-state index in [1.807, 2.05) is 13.8 Å². The normalized spacial score (nSPS) is 11.9. The van der Waals surface area contributed by atoms with Crippen molar-refractivity contribution in [3.63, 3.8) is 0 Å². The lowest BCUT2D eigenvalue weighted by molar-refractivity contribution is -0.149. The summed E-state index contributed by atoms with van der Waals surface area (Å²) in [6, 6.07) is 0.752. The first-order valence-electron chi connectivity index (χ1n) is 7.62. The summed E-state index contributed by atoms with van der Waals surface area (Å²) in [5, 5.41) is 2.60. The highest BCUT2D eigenvalue weighted by molar-refractivity contribution is 5.97. The van der Waals surface area contributed by atoms with Crippen molar-refractivity contribution in [3.05, 3.63) is 24.2 Å². The van der Waals surface area contributed by atoms with E-state index in [1.54, 1.807) is 13.8 Å². The molecule has 0 fully saturated rings. The molecule has 0 aromatic carbocycles. The Balaban J connectivity index is 2.70. The SMILES string of the molecule is CCOC(=O)CN(CC(C)C)C(=O)[C@@H](C)NC(=O)c1ccoc1. The summed E-state index contributed by atoms with van der Waals surface area (Å²) in [5.74, 6) is -1.01. The molecule has 0 spiro atoms. The van der Waals surface area contributed by atoms with E-state index < -0.39 is 17.9 Å². The van der Waals surface area contributed by atoms with E-state index in [0.29, 0.717) is 12.1 Å². The molecule has 0 saturated carbocycles. The van der Waals surface area contributed by atoms with Gasteiger partial charge in [-0.25, -0.2) is 0 Å². The van der Waals surface area contributed by atoms with Crippen molar-refractivity contribution in [2.45, 2.75) is 33.7 Å². The number of ether oxygens (including phenoxy) is 1. The minimum atomic E-state index is -0.759. The number of nitrogens with zero attached hydrogens (tertiary/aromatic N) is 1. The van der Waals surface area contributed by atoms with Crippen LogP contribution in [0.2, 0.25) is 0 Å². The lowest BCUT2D eigenvalue weighted by atomic mass is 10.1. The van der Waals surface area contributed by atoms with Gasteiger partial charge in [0.15, 0.2) is 0 Å². The number of carbonyl (C=O) groups is 3. The van der Waals surface area contributed by atoms with Crippen LogP contribution in [0.5, 0.6) is 0 Å². The number of esters is 1. The second kappa shape index (κ2) is 8.97. The van der Waals surface area contributed by atoms with Crippen LogP contribution in [0.3, 0.4) is 0 Å². The highest BCUT2D eigenvalue weighted by Gasteiger charge is 2.25. The minimum Gasteiger partial charge on any atom is -0.472 e. The monoisotopic (exact) mass is 324 g/mol. The van der Waals surface area contributed by atoms with Gasteiger partial charge in [-0.05, 0) is 25.8 Å². The maximum atomic E-state index is 12.5. The third kappa shape index (κ3) is 6.14. The zero-order valence-corrected chi connectivity index (χ0v) is 14.0. The van der Waals surface area contributed by atoms with Crippen LogP contribution in [0, 0.1) is 5.92 Å². The molecule has 0 radical (unpaired) electrons. The van der Waals surface area contributed by atoms with Crippen molar-refractivity contribution in [2.75, 3.05) is 19.7 Å². The smallest absolute Gasteiger partial charge is 0.325 e. The molecule has 0 bridgehead atoms. The number of nitrogens with one attached hydrogen (secondary N) is 1. The maximum Gasteiger partial charge on any atom is 0.325 e. The van der Waals surface area contributed by atoms with Crippen molar-refractivity contribution >= 4 is 17.8 Å². The molecule has 0 aliphatic carbocycles. The summed E-state index contributed by atoms with van der Waals surface area (Å²) in [6.07, 6.45) is 2.68. The molecular formula is C16H24N2O5. The first kappa shape index (κ1) is 18.7. The number of hydrogen-bond donors (Lipinski definition) is 1. The Bertz CT molecular complexity index is 525. The average molecular weight is 324 g/mol. The Morgan fingerprint density at radius 1 is 1.30 bits per heavy atom. The predicted molar refractivity (Wildman–Crippen MR) is 83.7 cm³/mol. The van der Waals surface area contributed by atoms with E-state index in [-0.39, 0.29) is 25.0 Å². The molecule has 7 nitrogen and oxygen atoms in total. The van der Waals surface area contributed by atoms with Gasteiger partial charge in [-0.2, -0.15) is 0 Å². The van der Waals surface area contributed by atoms with Crippen molar-refractivity contribution in [1.29, 1.82) is 0 Å². The minimum absolute atomic E-state index is 0.128. The molecule has 23 heavy (non-hydrogen) atoms. The molecule has 1 atom stereocenters. The second-order valence-electron chi connectivity index (χ2n) is 5.62. The van der Waals surface area contributed by atoms with Gasteiger partial charge < -0.3 is 19.4 Å². The van der Waals surface area contributed by atoms with Crippen LogP contribution in [0.25, 0.3) is 0 Å². The van der Waals surface area contributed by atoms with Crippen LogP contribution in [0.15, 0.2) is 23.0 Å². The van der Waals surface area contributed by atoms with E-state index >= 15 is 0 Å². The maximum absolute atomic E-state index is 12.5. The molecule has 1 aromatic rings. The first-order valence-corrected chi connectivity index (χ1v) is 7.62. The number of amides is 2. The lowest BCUT2D eigenvalue weighted by Gasteiger charge is -2.26. The van der Waals surface area contributed by atoms with Gasteiger partial charge in [-0.3, -0.25) is 14.4 Å². The molecule has 0 saturated heterocycles. The first-order chi connectivity index (χ1) is 10.8. The van der Waals surface area contributed by atoms with Gasteiger partial charge >= 0.3 is 5.97 Å². The van der Waals surface area contributed by atoms with Gasteiger partial charge in [-0.15, -0.1) is 0 Å². The molecule has 0 unspecified atom stereocenters. The summed E-state index contributed by atoms with van der Waals surface area (Å²) in [4.78, 5) is 37.5. The highest BCUT2D eigenvalue weighted by atomic mass is 16.5. The van der Waals surface area contributed by atoms with Gasteiger partial charge in [0.2, 0.25) is 5.91 Å². The Labute approximate surface area is 136 Å². The summed E-state index contributed by atoms with van der Waals surface area (Å²) in [5.41, 5.74) is 0.338. The van der Waals surface area contributed by atoms with E-state index in [0.717, 1.165) is 0 Å². The Hall–Kier alpha value is -2.31. The quantitative estimate of drug-likeness (QED) is 0.731. The summed E-state index contributed by atoms with van der Waals surface area (Å²) >= 11 is 0. The van der Waals surface area contributed by atoms with E-state index in [4.69, 9.17) is 9.15 Å². The van der Waals surface area contributed by atoms with Gasteiger partial charge in [-0.1, -0.05) is 13.8 Å². The Morgan fingerprint density at radius 2 is 2.00 bits per heavy atom. The fraction of sp³-hybridized carbons (Fsp3) is 0.562. The molecule has 1 N–H and O–H groups in total. The highest BCUT2D eigenvalue weighted by Crippen LogP contribution is 2.05. The topological polar surface area (TPSA) is 88.9 Å². The molecule has 7 heteroatoms. The number of rotatable bonds is 8. The van der Waals surface area contributed by atoms with Crippen LogP contribution in [0.1, 0.15) is 38.1 Å². The second-order valence-corrected chi connectivity index (χ2v) is 5.62. The van der Waals surface area contributed by atoms with Crippen LogP contribution in [-0.4, -0.2) is 48.4 Å². The van der Waals surface area contributed by atoms with Crippen molar-refractivity contribution in [2.24, 2.45) is 5.92 Å². The molecule has 1 heterocycles. The van der Waals surface area contributed by atoms with Crippen molar-refractivity contribution in [1.82, 2.24) is 10.2 Å². The molecule has 0 aliphatic heterocycles. The summed E-state index contributed by atoms with van der Waals surface area (Å²) in [6.45, 7) is 7.72. The van der Waals surface area contributed by atoms with Gasteiger partial charge in [0.1, 0.15) is 18.8 Å². The van der Waals surface area contributed by atoms with Crippen LogP contribution in [-0.2, 0) is 14.3 Å². The predicted octanol–water partition coefficient (Wildman–Crippen LogP) is 1.45. The average Bonchev–Trinajstić information content (AvgIpc) is 2.99. The molecule has 1 aromatic heterocycles. The van der Waals surface area contributed by atoms with E-state index in [1.165, 1.54) is 23.5 Å². The van der Waals surface area contributed by atoms with E-state index in [2.05, 4.69) is 5.32 Å². The van der Waals surface area contributed by atoms with Crippen molar-refractivity contribution < 1.29 is 23.5 Å².